The van der Waals surface area contributed by atoms with E-state index in [9.17, 15) is 18.0 Å². The fraction of sp³-hybridized carbons (Fsp3) is 0.333. The predicted molar refractivity (Wildman–Crippen MR) is 79.8 cm³/mol. The largest absolute Gasteiger partial charge is 0.446 e. The highest BCUT2D eigenvalue weighted by atomic mass is 32.2. The molecule has 0 aliphatic rings. The standard InChI is InChI=1S/C12H14F3N3OS2/c1-7(2)16-11(20)18-17-10(19)8-3-5-9(6-4-8)21-12(13,14)15/h3-7H,1-2H3,(H,17,19)(H2,16,18,20). The van der Waals surface area contributed by atoms with Crippen LogP contribution in [0, 0.1) is 0 Å². The molecule has 0 saturated heterocycles. The van der Waals surface area contributed by atoms with E-state index in [0.29, 0.717) is 0 Å². The highest BCUT2D eigenvalue weighted by Crippen LogP contribution is 2.36. The van der Waals surface area contributed by atoms with Crippen molar-refractivity contribution in [2.24, 2.45) is 0 Å². The van der Waals surface area contributed by atoms with Gasteiger partial charge >= 0.3 is 5.51 Å². The minimum atomic E-state index is -4.35. The molecule has 1 aromatic rings. The molecule has 0 saturated carbocycles. The third-order valence-corrected chi connectivity index (χ3v) is 3.02. The van der Waals surface area contributed by atoms with Gasteiger partial charge in [0.1, 0.15) is 0 Å². The summed E-state index contributed by atoms with van der Waals surface area (Å²) in [6, 6.07) is 5.20. The number of carbonyl (C=O) groups excluding carboxylic acids is 1. The van der Waals surface area contributed by atoms with Gasteiger partial charge in [0.15, 0.2) is 5.11 Å². The highest BCUT2D eigenvalue weighted by molar-refractivity contribution is 8.00. The van der Waals surface area contributed by atoms with Gasteiger partial charge in [-0.3, -0.25) is 15.6 Å². The summed E-state index contributed by atoms with van der Waals surface area (Å²) in [7, 11) is 0. The van der Waals surface area contributed by atoms with Gasteiger partial charge in [-0.25, -0.2) is 0 Å². The van der Waals surface area contributed by atoms with Gasteiger partial charge in [0, 0.05) is 16.5 Å². The van der Waals surface area contributed by atoms with Gasteiger partial charge < -0.3 is 5.32 Å². The number of nitrogens with one attached hydrogen (secondary N) is 3. The molecule has 0 fully saturated rings. The molecule has 0 heterocycles. The summed E-state index contributed by atoms with van der Waals surface area (Å²) in [6.45, 7) is 3.76. The van der Waals surface area contributed by atoms with Crippen molar-refractivity contribution in [3.63, 3.8) is 0 Å². The summed E-state index contributed by atoms with van der Waals surface area (Å²) in [5, 5.41) is 3.11. The van der Waals surface area contributed by atoms with Crippen LogP contribution in [0.15, 0.2) is 29.2 Å². The molecule has 21 heavy (non-hydrogen) atoms. The molecular weight excluding hydrogens is 323 g/mol. The fourth-order valence-corrected chi connectivity index (χ4v) is 2.12. The smallest absolute Gasteiger partial charge is 0.359 e. The Morgan fingerprint density at radius 2 is 1.76 bits per heavy atom. The summed E-state index contributed by atoms with van der Waals surface area (Å²) in [4.78, 5) is 11.8. The molecule has 9 heteroatoms. The average molecular weight is 337 g/mol. The number of hydrogen-bond acceptors (Lipinski definition) is 3. The van der Waals surface area contributed by atoms with Crippen molar-refractivity contribution in [1.29, 1.82) is 0 Å². The molecule has 116 valence electrons. The number of benzene rings is 1. The zero-order valence-electron chi connectivity index (χ0n) is 11.2. The molecule has 0 spiro atoms. The number of halogens is 3. The molecule has 0 aliphatic carbocycles. The molecule has 3 N–H and O–H groups in total. The minimum Gasteiger partial charge on any atom is -0.359 e. The monoisotopic (exact) mass is 337 g/mol. The van der Waals surface area contributed by atoms with E-state index in [2.05, 4.69) is 16.2 Å². The van der Waals surface area contributed by atoms with E-state index in [1.807, 2.05) is 13.8 Å². The van der Waals surface area contributed by atoms with E-state index in [0.717, 1.165) is 0 Å². The molecule has 0 aliphatic heterocycles. The Balaban J connectivity index is 2.54. The lowest BCUT2D eigenvalue weighted by molar-refractivity contribution is -0.0328. The van der Waals surface area contributed by atoms with Gasteiger partial charge in [0.2, 0.25) is 0 Å². The Bertz CT molecular complexity index is 503. The number of hydrogen-bond donors (Lipinski definition) is 3. The second-order valence-corrected chi connectivity index (χ2v) is 5.83. The second kappa shape index (κ2) is 7.51. The normalized spacial score (nSPS) is 11.1. The van der Waals surface area contributed by atoms with Crippen molar-refractivity contribution in [2.45, 2.75) is 30.3 Å². The van der Waals surface area contributed by atoms with Gasteiger partial charge in [0.05, 0.1) is 0 Å². The summed E-state index contributed by atoms with van der Waals surface area (Å²) in [5.41, 5.74) is 0.727. The second-order valence-electron chi connectivity index (χ2n) is 4.28. The first-order chi connectivity index (χ1) is 9.67. The summed E-state index contributed by atoms with van der Waals surface area (Å²) in [6.07, 6.45) is 0. The molecule has 0 aromatic heterocycles. The van der Waals surface area contributed by atoms with Gasteiger partial charge in [-0.2, -0.15) is 13.2 Å². The van der Waals surface area contributed by atoms with Crippen molar-refractivity contribution >= 4 is 35.0 Å². The van der Waals surface area contributed by atoms with Crippen molar-refractivity contribution in [3.05, 3.63) is 29.8 Å². The first kappa shape index (κ1) is 17.6. The summed E-state index contributed by atoms with van der Waals surface area (Å²) >= 11 is 4.68. The first-order valence-electron chi connectivity index (χ1n) is 5.90. The number of alkyl halides is 3. The van der Waals surface area contributed by atoms with Crippen LogP contribution in [0.3, 0.4) is 0 Å². The SMILES string of the molecule is CC(C)NC(=S)NNC(=O)c1ccc(SC(F)(F)F)cc1. The Kier molecular flexibility index (Phi) is 6.28. The van der Waals surface area contributed by atoms with Gasteiger partial charge in [-0.15, -0.1) is 0 Å². The number of carbonyl (C=O) groups is 1. The molecule has 0 unspecified atom stereocenters. The van der Waals surface area contributed by atoms with Crippen LogP contribution in [0.1, 0.15) is 24.2 Å². The van der Waals surface area contributed by atoms with E-state index in [-0.39, 0.29) is 33.4 Å². The number of rotatable bonds is 3. The maximum Gasteiger partial charge on any atom is 0.446 e. The fourth-order valence-electron chi connectivity index (χ4n) is 1.29. The molecule has 1 aromatic carbocycles. The zero-order valence-corrected chi connectivity index (χ0v) is 12.9. The van der Waals surface area contributed by atoms with Crippen molar-refractivity contribution in [1.82, 2.24) is 16.2 Å². The van der Waals surface area contributed by atoms with Gasteiger partial charge in [-0.05, 0) is 62.1 Å². The van der Waals surface area contributed by atoms with Crippen LogP contribution in [0.5, 0.6) is 0 Å². The Labute approximate surface area is 129 Å². The lowest BCUT2D eigenvalue weighted by Gasteiger charge is -2.13. The van der Waals surface area contributed by atoms with Crippen molar-refractivity contribution in [3.8, 4) is 0 Å². The van der Waals surface area contributed by atoms with Crippen LogP contribution in [-0.2, 0) is 0 Å². The van der Waals surface area contributed by atoms with Crippen LogP contribution in [0.4, 0.5) is 13.2 Å². The molecular formula is C12H14F3N3OS2. The van der Waals surface area contributed by atoms with Crippen LogP contribution < -0.4 is 16.2 Å². The Morgan fingerprint density at radius 1 is 1.19 bits per heavy atom. The Morgan fingerprint density at radius 3 is 2.24 bits per heavy atom. The van der Waals surface area contributed by atoms with E-state index in [4.69, 9.17) is 12.2 Å². The number of thioether (sulfide) groups is 1. The number of thiocarbonyl (C=S) groups is 1. The maximum atomic E-state index is 12.2. The highest BCUT2D eigenvalue weighted by Gasteiger charge is 2.29. The van der Waals surface area contributed by atoms with Crippen LogP contribution >= 0.6 is 24.0 Å². The number of hydrazine groups is 1. The minimum absolute atomic E-state index is 0.0176. The molecule has 4 nitrogen and oxygen atoms in total. The molecule has 0 radical (unpaired) electrons. The molecule has 0 bridgehead atoms. The van der Waals surface area contributed by atoms with Gasteiger partial charge in [-0.1, -0.05) is 0 Å². The third-order valence-electron chi connectivity index (χ3n) is 2.06. The molecule has 1 rings (SSSR count). The topological polar surface area (TPSA) is 53.2 Å². The van der Waals surface area contributed by atoms with E-state index in [1.165, 1.54) is 24.3 Å². The van der Waals surface area contributed by atoms with Crippen LogP contribution in [-0.4, -0.2) is 22.6 Å². The van der Waals surface area contributed by atoms with Gasteiger partial charge in [0.25, 0.3) is 5.91 Å². The number of amides is 1. The van der Waals surface area contributed by atoms with E-state index < -0.39 is 11.4 Å². The Hall–Kier alpha value is -1.48. The summed E-state index contributed by atoms with van der Waals surface area (Å²) < 4.78 is 36.5. The predicted octanol–water partition coefficient (Wildman–Crippen LogP) is 2.82. The zero-order chi connectivity index (χ0) is 16.0. The lowest BCUT2D eigenvalue weighted by atomic mass is 10.2. The molecule has 0 atom stereocenters. The summed E-state index contributed by atoms with van der Waals surface area (Å²) in [5.74, 6) is -0.494. The average Bonchev–Trinajstić information content (AvgIpc) is 2.34. The maximum absolute atomic E-state index is 12.2. The van der Waals surface area contributed by atoms with E-state index in [1.54, 1.807) is 0 Å². The third kappa shape index (κ3) is 7.19. The molecule has 1 amide bonds. The van der Waals surface area contributed by atoms with Crippen LogP contribution in [0.2, 0.25) is 0 Å². The lowest BCUT2D eigenvalue weighted by Crippen LogP contribution is -2.48. The quantitative estimate of drug-likeness (QED) is 0.450. The first-order valence-corrected chi connectivity index (χ1v) is 7.12. The van der Waals surface area contributed by atoms with Crippen molar-refractivity contribution < 1.29 is 18.0 Å². The van der Waals surface area contributed by atoms with Crippen LogP contribution in [0.25, 0.3) is 0 Å². The van der Waals surface area contributed by atoms with E-state index >= 15 is 0 Å². The van der Waals surface area contributed by atoms with Crippen molar-refractivity contribution in [2.75, 3.05) is 0 Å².